The van der Waals surface area contributed by atoms with E-state index in [1.54, 1.807) is 0 Å². The first-order valence-electron chi connectivity index (χ1n) is 18.2. The Balaban J connectivity index is 0.00000819. The van der Waals surface area contributed by atoms with Crippen LogP contribution >= 0.6 is 0 Å². The maximum absolute atomic E-state index is 12.3. The van der Waals surface area contributed by atoms with Crippen LogP contribution in [0.4, 0.5) is 0 Å². The second kappa shape index (κ2) is 19.8. The van der Waals surface area contributed by atoms with Crippen molar-refractivity contribution in [3.05, 3.63) is 69.3 Å². The number of aromatic nitrogens is 4. The first-order valence-corrected chi connectivity index (χ1v) is 18.2. The van der Waals surface area contributed by atoms with E-state index >= 15 is 0 Å². The largest absolute Gasteiger partial charge is 2.00 e. The van der Waals surface area contributed by atoms with Gasteiger partial charge in [-0.1, -0.05) is 35.4 Å². The van der Waals surface area contributed by atoms with Gasteiger partial charge >= 0.3 is 64.8 Å². The molecule has 0 saturated carbocycles. The van der Waals surface area contributed by atoms with Crippen LogP contribution in [0.1, 0.15) is 96.4 Å². The topological polar surface area (TPSA) is 352 Å². The molecule has 5 rings (SSSR count). The molecule has 3 aromatic rings. The predicted octanol–water partition coefficient (Wildman–Crippen LogP) is 3.36. The molecule has 61 heavy (non-hydrogen) atoms. The molecule has 0 saturated heterocycles. The second-order valence-corrected chi connectivity index (χ2v) is 13.8. The normalized spacial score (nSPS) is 12.2. The van der Waals surface area contributed by atoms with Crippen LogP contribution < -0.4 is 9.97 Å². The van der Waals surface area contributed by atoms with Crippen LogP contribution in [0.3, 0.4) is 0 Å². The summed E-state index contributed by atoms with van der Waals surface area (Å²) >= 11 is 0. The summed E-state index contributed by atoms with van der Waals surface area (Å²) in [6.45, 7) is 0. The van der Waals surface area contributed by atoms with E-state index in [1.165, 1.54) is 24.3 Å². The van der Waals surface area contributed by atoms with Gasteiger partial charge < -0.3 is 50.8 Å². The minimum atomic E-state index is -1.36. The van der Waals surface area contributed by atoms with Crippen molar-refractivity contribution in [2.75, 3.05) is 0 Å². The SMILES string of the molecule is O=C(O)CCC1=C(CC(=O)O)c2cc3[n-]c(cc4nc(cc5[n-]c(cc1n2)c(CCC(=O)O)c5CC(=O)O)C(CC(=O)O)=C4CCC(=O)O)c(CC(=O)O)c3CCC(=O)O.[Fe+2]. The van der Waals surface area contributed by atoms with Gasteiger partial charge in [0.25, 0.3) is 0 Å². The van der Waals surface area contributed by atoms with Crippen LogP contribution in [-0.2, 0) is 81.1 Å². The number of hydrogen-bond donors (Lipinski definition) is 8. The molecular formula is C40H36FeN4O16. The number of aliphatic carboxylic acids is 8. The third kappa shape index (κ3) is 11.5. The third-order valence-corrected chi connectivity index (χ3v) is 9.66. The van der Waals surface area contributed by atoms with Crippen molar-refractivity contribution >= 4 is 92.1 Å². The van der Waals surface area contributed by atoms with E-state index < -0.39 is 99.1 Å². The molecule has 320 valence electrons. The average molecular weight is 885 g/mol. The first-order chi connectivity index (χ1) is 28.3. The minimum Gasteiger partial charge on any atom is -0.657 e. The molecule has 0 aliphatic carbocycles. The molecule has 20 nitrogen and oxygen atoms in total. The van der Waals surface area contributed by atoms with Gasteiger partial charge in [0.2, 0.25) is 0 Å². The Labute approximate surface area is 353 Å². The molecular weight excluding hydrogens is 848 g/mol. The number of carbonyl (C=O) groups is 8. The van der Waals surface area contributed by atoms with E-state index in [0.717, 1.165) is 0 Å². The van der Waals surface area contributed by atoms with Crippen LogP contribution in [-0.4, -0.2) is 98.6 Å². The van der Waals surface area contributed by atoms with Gasteiger partial charge in [-0.3, -0.25) is 38.4 Å². The summed E-state index contributed by atoms with van der Waals surface area (Å²) in [6, 6.07) is 5.13. The minimum absolute atomic E-state index is 0. The Morgan fingerprint density at radius 3 is 0.902 bits per heavy atom. The van der Waals surface area contributed by atoms with Crippen molar-refractivity contribution in [2.24, 2.45) is 0 Å². The number of aryl methyl sites for hydroxylation is 2. The van der Waals surface area contributed by atoms with Gasteiger partial charge in [0, 0.05) is 25.7 Å². The van der Waals surface area contributed by atoms with Crippen molar-refractivity contribution in [3.63, 3.8) is 0 Å². The van der Waals surface area contributed by atoms with E-state index in [9.17, 15) is 79.2 Å². The van der Waals surface area contributed by atoms with Crippen LogP contribution in [0, 0.1) is 0 Å². The van der Waals surface area contributed by atoms with E-state index in [-0.39, 0.29) is 132 Å². The summed E-state index contributed by atoms with van der Waals surface area (Å²) < 4.78 is 0. The van der Waals surface area contributed by atoms with Crippen molar-refractivity contribution < 1.29 is 96.3 Å². The average Bonchev–Trinajstić information content (AvgIpc) is 3.81. The number of carboxylic acids is 8. The van der Waals surface area contributed by atoms with E-state index in [0.29, 0.717) is 0 Å². The van der Waals surface area contributed by atoms with Crippen LogP contribution in [0.2, 0.25) is 0 Å². The molecule has 0 spiro atoms. The molecule has 0 atom stereocenters. The standard InChI is InChI=1S/C40H38N4O16.Fe/c45-33(46)5-1-17-21(9-37(53)54)29-14-27-19(3-7-35(49)50)22(10-38(55)56)30(43-27)15-28-20(4-8-36(51)52)24(12-40(59)60)32(44-28)16-31-23(11-39(57)58)18(2-6-34(47)48)26(42-31)13-25(17)41-29;/h13-16H,1-12H2,(H10,41,42,43,44,45,46,47,48,49,50,51,52,53,54,55,56,57,58,59,60);/q;+2/p-2. The molecule has 2 aliphatic rings. The van der Waals surface area contributed by atoms with Gasteiger partial charge in [0.1, 0.15) is 0 Å². The molecule has 0 radical (unpaired) electrons. The summed E-state index contributed by atoms with van der Waals surface area (Å²) in [4.78, 5) is 115. The van der Waals surface area contributed by atoms with Crippen LogP contribution in [0.5, 0.6) is 0 Å². The summed E-state index contributed by atoms with van der Waals surface area (Å²) in [5.74, 6) is -10.5. The molecule has 0 fully saturated rings. The maximum atomic E-state index is 12.3. The number of carboxylic acid groups (broad SMARTS) is 8. The van der Waals surface area contributed by atoms with Gasteiger partial charge in [-0.2, -0.15) is 0 Å². The molecule has 8 bridgehead atoms. The molecule has 8 N–H and O–H groups in total. The Morgan fingerprint density at radius 2 is 0.623 bits per heavy atom. The number of nitrogens with zero attached hydrogens (tertiary/aromatic N) is 4. The van der Waals surface area contributed by atoms with Gasteiger partial charge in [0.05, 0.1) is 48.5 Å². The summed E-state index contributed by atoms with van der Waals surface area (Å²) in [7, 11) is 0. The molecule has 0 unspecified atom stereocenters. The van der Waals surface area contributed by atoms with Gasteiger partial charge in [0.15, 0.2) is 0 Å². The fraction of sp³-hybridized carbons (Fsp3) is 0.300. The van der Waals surface area contributed by atoms with Crippen LogP contribution in [0.15, 0.2) is 24.3 Å². The summed E-state index contributed by atoms with van der Waals surface area (Å²) in [5.41, 5.74) is 0.00237. The predicted molar refractivity (Wildman–Crippen MR) is 205 cm³/mol. The zero-order valence-corrected chi connectivity index (χ0v) is 32.9. The fourth-order valence-electron chi connectivity index (χ4n) is 7.21. The van der Waals surface area contributed by atoms with Gasteiger partial charge in [-0.25, -0.2) is 9.97 Å². The van der Waals surface area contributed by atoms with Crippen molar-refractivity contribution in [3.8, 4) is 0 Å². The first kappa shape index (κ1) is 46.6. The molecule has 0 aromatic carbocycles. The maximum Gasteiger partial charge on any atom is 2.00 e. The third-order valence-electron chi connectivity index (χ3n) is 9.66. The Hall–Kier alpha value is -7.12. The quantitative estimate of drug-likeness (QED) is 0.0754. The van der Waals surface area contributed by atoms with E-state index in [4.69, 9.17) is 0 Å². The van der Waals surface area contributed by atoms with Gasteiger partial charge in [-0.05, 0) is 59.1 Å². The second-order valence-electron chi connectivity index (χ2n) is 13.8. The smallest absolute Gasteiger partial charge is 0.657 e. The molecule has 21 heteroatoms. The van der Waals surface area contributed by atoms with Crippen molar-refractivity contribution in [1.82, 2.24) is 19.9 Å². The van der Waals surface area contributed by atoms with Crippen molar-refractivity contribution in [2.45, 2.75) is 77.0 Å². The van der Waals surface area contributed by atoms with Crippen LogP contribution in [0.25, 0.3) is 44.4 Å². The Kier molecular flexibility index (Phi) is 15.1. The van der Waals surface area contributed by atoms with E-state index in [2.05, 4.69) is 19.9 Å². The fourth-order valence-corrected chi connectivity index (χ4v) is 7.21. The molecule has 2 aliphatic heterocycles. The summed E-state index contributed by atoms with van der Waals surface area (Å²) in [6.07, 6.45) is -6.06. The number of hydrogen-bond acceptors (Lipinski definition) is 10. The molecule has 5 heterocycles. The Morgan fingerprint density at radius 1 is 0.361 bits per heavy atom. The zero-order chi connectivity index (χ0) is 44.0. The summed E-state index contributed by atoms with van der Waals surface area (Å²) in [5, 5.41) is 78.5. The molecule has 0 amide bonds. The number of allylic oxidation sites excluding steroid dienone is 2. The molecule has 3 aromatic heterocycles. The van der Waals surface area contributed by atoms with Crippen molar-refractivity contribution in [1.29, 1.82) is 0 Å². The van der Waals surface area contributed by atoms with Gasteiger partial charge in [-0.15, -0.1) is 22.1 Å². The van der Waals surface area contributed by atoms with E-state index in [1.807, 2.05) is 0 Å². The monoisotopic (exact) mass is 884 g/mol. The zero-order valence-electron chi connectivity index (χ0n) is 31.8. The number of fused-ring (bicyclic) bond motifs is 8. The number of rotatable bonds is 20. The Bertz CT molecular complexity index is 2600.